The number of hydrogen-bond acceptors (Lipinski definition) is 6. The average Bonchev–Trinajstić information content (AvgIpc) is 3.33. The first kappa shape index (κ1) is 16.8. The van der Waals surface area contributed by atoms with Crippen LogP contribution in [-0.2, 0) is 9.59 Å². The molecule has 1 aromatic heterocycles. The molecular weight excluding hydrogens is 356 g/mol. The topological polar surface area (TPSA) is 97.8 Å². The Morgan fingerprint density at radius 1 is 1.15 bits per heavy atom. The van der Waals surface area contributed by atoms with Crippen LogP contribution in [-0.4, -0.2) is 36.2 Å². The largest absolute Gasteiger partial charge is 0.493 e. The highest BCUT2D eigenvalue weighted by Gasteiger charge is 2.51. The smallest absolute Gasteiger partial charge is 0.307 e. The SMILES string of the molecule is COc1cc2nc(NC(=O)C3C4C=CC(C4)C3C(=O)O)sc2cc1OC. The van der Waals surface area contributed by atoms with Crippen molar-refractivity contribution in [1.29, 1.82) is 0 Å². The third-order valence-corrected chi connectivity index (χ3v) is 6.10. The predicted octanol–water partition coefficient (Wildman–Crippen LogP) is 2.77. The number of aromatic nitrogens is 1. The number of methoxy groups -OCH3 is 2. The van der Waals surface area contributed by atoms with Crippen LogP contribution < -0.4 is 14.8 Å². The lowest BCUT2D eigenvalue weighted by Gasteiger charge is -2.23. The highest BCUT2D eigenvalue weighted by molar-refractivity contribution is 7.22. The lowest BCUT2D eigenvalue weighted by Crippen LogP contribution is -2.36. The molecular formula is C18H18N2O5S. The van der Waals surface area contributed by atoms with Crippen molar-refractivity contribution in [3.8, 4) is 11.5 Å². The second kappa shape index (κ2) is 6.28. The van der Waals surface area contributed by atoms with Gasteiger partial charge in [0.1, 0.15) is 0 Å². The number of carboxylic acid groups (broad SMARTS) is 1. The maximum atomic E-state index is 12.8. The van der Waals surface area contributed by atoms with Gasteiger partial charge in [-0.1, -0.05) is 23.5 Å². The maximum Gasteiger partial charge on any atom is 0.307 e. The van der Waals surface area contributed by atoms with Gasteiger partial charge in [0.2, 0.25) is 5.91 Å². The molecule has 2 N–H and O–H groups in total. The molecule has 136 valence electrons. The van der Waals surface area contributed by atoms with Gasteiger partial charge in [-0.05, 0) is 18.3 Å². The molecule has 26 heavy (non-hydrogen) atoms. The monoisotopic (exact) mass is 374 g/mol. The average molecular weight is 374 g/mol. The molecule has 4 atom stereocenters. The van der Waals surface area contributed by atoms with Crippen molar-refractivity contribution >= 4 is 38.6 Å². The molecule has 1 fully saturated rings. The van der Waals surface area contributed by atoms with Crippen LogP contribution in [0.1, 0.15) is 6.42 Å². The Bertz CT molecular complexity index is 881. The molecule has 4 unspecified atom stereocenters. The van der Waals surface area contributed by atoms with Gasteiger partial charge < -0.3 is 19.9 Å². The van der Waals surface area contributed by atoms with Crippen molar-refractivity contribution in [2.24, 2.45) is 23.7 Å². The zero-order valence-corrected chi connectivity index (χ0v) is 15.1. The summed E-state index contributed by atoms with van der Waals surface area (Å²) < 4.78 is 11.4. The number of hydrogen-bond donors (Lipinski definition) is 2. The zero-order chi connectivity index (χ0) is 18.4. The molecule has 1 saturated carbocycles. The van der Waals surface area contributed by atoms with Crippen molar-refractivity contribution in [3.05, 3.63) is 24.3 Å². The van der Waals surface area contributed by atoms with E-state index >= 15 is 0 Å². The van der Waals surface area contributed by atoms with Crippen LogP contribution in [0.4, 0.5) is 5.13 Å². The summed E-state index contributed by atoms with van der Waals surface area (Å²) in [7, 11) is 3.11. The standard InChI is InChI=1S/C18H18N2O5S/c1-24-11-6-10-13(7-12(11)25-2)26-18(19-10)20-16(21)14-8-3-4-9(5-8)15(14)17(22)23/h3-4,6-9,14-15H,5H2,1-2H3,(H,22,23)(H,19,20,21). The predicted molar refractivity (Wildman–Crippen MR) is 96.7 cm³/mol. The minimum Gasteiger partial charge on any atom is -0.493 e. The van der Waals surface area contributed by atoms with E-state index in [-0.39, 0.29) is 17.7 Å². The molecule has 2 aliphatic rings. The lowest BCUT2D eigenvalue weighted by atomic mass is 9.82. The van der Waals surface area contributed by atoms with Gasteiger partial charge in [-0.3, -0.25) is 9.59 Å². The van der Waals surface area contributed by atoms with E-state index in [2.05, 4.69) is 10.3 Å². The van der Waals surface area contributed by atoms with E-state index in [9.17, 15) is 14.7 Å². The number of rotatable bonds is 5. The van der Waals surface area contributed by atoms with Gasteiger partial charge in [0.05, 0.1) is 36.3 Å². The minimum atomic E-state index is -0.916. The van der Waals surface area contributed by atoms with Gasteiger partial charge in [0.25, 0.3) is 0 Å². The van der Waals surface area contributed by atoms with E-state index in [1.54, 1.807) is 20.3 Å². The molecule has 0 radical (unpaired) electrons. The summed E-state index contributed by atoms with van der Waals surface area (Å²) in [6.45, 7) is 0. The number of anilines is 1. The van der Waals surface area contributed by atoms with Crippen molar-refractivity contribution in [1.82, 2.24) is 4.98 Å². The number of fused-ring (bicyclic) bond motifs is 3. The quantitative estimate of drug-likeness (QED) is 0.781. The second-order valence-electron chi connectivity index (χ2n) is 6.52. The molecule has 7 nitrogen and oxygen atoms in total. The van der Waals surface area contributed by atoms with Gasteiger partial charge >= 0.3 is 5.97 Å². The Hall–Kier alpha value is -2.61. The number of benzene rings is 1. The maximum absolute atomic E-state index is 12.8. The number of thiazole rings is 1. The third kappa shape index (κ3) is 2.61. The Labute approximate surface area is 153 Å². The molecule has 0 aliphatic heterocycles. The first-order valence-corrected chi connectivity index (χ1v) is 9.08. The van der Waals surface area contributed by atoms with Crippen molar-refractivity contribution < 1.29 is 24.2 Å². The molecule has 0 saturated heterocycles. The number of carboxylic acids is 1. The van der Waals surface area contributed by atoms with Gasteiger partial charge in [-0.15, -0.1) is 0 Å². The number of aliphatic carboxylic acids is 1. The number of nitrogens with zero attached hydrogens (tertiary/aromatic N) is 1. The Kier molecular flexibility index (Phi) is 4.07. The van der Waals surface area contributed by atoms with Crippen LogP contribution >= 0.6 is 11.3 Å². The van der Waals surface area contributed by atoms with E-state index in [0.29, 0.717) is 22.1 Å². The first-order chi connectivity index (χ1) is 12.5. The molecule has 8 heteroatoms. The number of carbonyl (C=O) groups is 2. The van der Waals surface area contributed by atoms with E-state index < -0.39 is 17.8 Å². The molecule has 1 aromatic carbocycles. The van der Waals surface area contributed by atoms with E-state index in [4.69, 9.17) is 9.47 Å². The van der Waals surface area contributed by atoms with Gasteiger partial charge in [0, 0.05) is 12.1 Å². The van der Waals surface area contributed by atoms with Crippen LogP contribution in [0.2, 0.25) is 0 Å². The summed E-state index contributed by atoms with van der Waals surface area (Å²) in [5, 5.41) is 12.7. The van der Waals surface area contributed by atoms with E-state index in [1.807, 2.05) is 18.2 Å². The number of nitrogens with one attached hydrogen (secondary N) is 1. The van der Waals surface area contributed by atoms with Crippen molar-refractivity contribution in [2.75, 3.05) is 19.5 Å². The second-order valence-corrected chi connectivity index (χ2v) is 7.55. The molecule has 1 heterocycles. The molecule has 0 spiro atoms. The molecule has 2 aromatic rings. The van der Waals surface area contributed by atoms with Gasteiger partial charge in [0.15, 0.2) is 16.6 Å². The Morgan fingerprint density at radius 2 is 1.81 bits per heavy atom. The molecule has 2 aliphatic carbocycles. The van der Waals surface area contributed by atoms with E-state index in [0.717, 1.165) is 11.1 Å². The fourth-order valence-corrected chi connectivity index (χ4v) is 4.89. The summed E-state index contributed by atoms with van der Waals surface area (Å²) in [6, 6.07) is 3.56. The fraction of sp³-hybridized carbons (Fsp3) is 0.389. The number of carbonyl (C=O) groups excluding carboxylic acids is 1. The summed E-state index contributed by atoms with van der Waals surface area (Å²) in [6.07, 6.45) is 4.61. The highest BCUT2D eigenvalue weighted by Crippen LogP contribution is 2.48. The lowest BCUT2D eigenvalue weighted by molar-refractivity contribution is -0.146. The van der Waals surface area contributed by atoms with Gasteiger partial charge in [-0.25, -0.2) is 4.98 Å². The molecule has 1 amide bonds. The highest BCUT2D eigenvalue weighted by atomic mass is 32.1. The summed E-state index contributed by atoms with van der Waals surface area (Å²) >= 11 is 1.32. The van der Waals surface area contributed by atoms with Crippen LogP contribution in [0.3, 0.4) is 0 Å². The number of amides is 1. The van der Waals surface area contributed by atoms with Crippen LogP contribution in [0.5, 0.6) is 11.5 Å². The van der Waals surface area contributed by atoms with Crippen molar-refractivity contribution in [3.63, 3.8) is 0 Å². The molecule has 4 rings (SSSR count). The van der Waals surface area contributed by atoms with Crippen molar-refractivity contribution in [2.45, 2.75) is 6.42 Å². The fourth-order valence-electron chi connectivity index (χ4n) is 4.01. The number of ether oxygens (including phenoxy) is 2. The summed E-state index contributed by atoms with van der Waals surface area (Å²) in [4.78, 5) is 28.8. The summed E-state index contributed by atoms with van der Waals surface area (Å²) in [5.41, 5.74) is 0.686. The Morgan fingerprint density at radius 3 is 2.46 bits per heavy atom. The van der Waals surface area contributed by atoms with Crippen LogP contribution in [0.15, 0.2) is 24.3 Å². The van der Waals surface area contributed by atoms with Crippen LogP contribution in [0, 0.1) is 23.7 Å². The number of allylic oxidation sites excluding steroid dienone is 2. The Balaban J connectivity index is 1.60. The molecule has 2 bridgehead atoms. The normalized spacial score (nSPS) is 26.2. The zero-order valence-electron chi connectivity index (χ0n) is 14.3. The van der Waals surface area contributed by atoms with Crippen LogP contribution in [0.25, 0.3) is 10.2 Å². The van der Waals surface area contributed by atoms with E-state index in [1.165, 1.54) is 11.3 Å². The van der Waals surface area contributed by atoms with Gasteiger partial charge in [-0.2, -0.15) is 0 Å². The summed E-state index contributed by atoms with van der Waals surface area (Å²) in [5.74, 6) is -1.35. The minimum absolute atomic E-state index is 0.0179. The first-order valence-electron chi connectivity index (χ1n) is 8.26. The third-order valence-electron chi connectivity index (χ3n) is 5.17.